The molecule has 0 saturated carbocycles. The maximum absolute atomic E-state index is 11.7. The highest BCUT2D eigenvalue weighted by molar-refractivity contribution is 5.76. The first-order valence-electron chi connectivity index (χ1n) is 5.87. The van der Waals surface area contributed by atoms with E-state index in [0.29, 0.717) is 5.75 Å². The smallest absolute Gasteiger partial charge is 0.284 e. The van der Waals surface area contributed by atoms with Crippen LogP contribution < -0.4 is 4.74 Å². The summed E-state index contributed by atoms with van der Waals surface area (Å²) in [5, 5.41) is 10.4. The Bertz CT molecular complexity index is 447. The number of hydrogen-bond acceptors (Lipinski definition) is 4. The normalized spacial score (nSPS) is 19.1. The number of β-amino-alcohol motifs (C(OH)–C–C–N with tert-alkyl or cyclic N) is 1. The highest BCUT2D eigenvalue weighted by atomic mass is 16.7. The third kappa shape index (κ3) is 3.00. The Labute approximate surface area is 106 Å². The number of nitrogens with zero attached hydrogens (tertiary/aromatic N) is 1. The Morgan fingerprint density at radius 1 is 1.50 bits per heavy atom. The van der Waals surface area contributed by atoms with Crippen LogP contribution in [0.3, 0.4) is 0 Å². The fraction of sp³-hybridized carbons (Fsp3) is 0.462. The lowest BCUT2D eigenvalue weighted by atomic mass is 10.1. The first-order chi connectivity index (χ1) is 8.56. The zero-order chi connectivity index (χ0) is 13.1. The fourth-order valence-corrected chi connectivity index (χ4v) is 1.67. The molecule has 0 radical (unpaired) electrons. The summed E-state index contributed by atoms with van der Waals surface area (Å²) < 4.78 is 5.40. The molecule has 1 heterocycles. The molecule has 18 heavy (non-hydrogen) atoms. The van der Waals surface area contributed by atoms with Crippen molar-refractivity contribution in [3.8, 4) is 5.75 Å². The van der Waals surface area contributed by atoms with E-state index in [0.717, 1.165) is 10.6 Å². The van der Waals surface area contributed by atoms with Crippen molar-refractivity contribution in [3.63, 3.8) is 0 Å². The monoisotopic (exact) mass is 251 g/mol. The number of amides is 1. The molecule has 1 saturated heterocycles. The van der Waals surface area contributed by atoms with Gasteiger partial charge in [0.1, 0.15) is 18.5 Å². The summed E-state index contributed by atoms with van der Waals surface area (Å²) >= 11 is 0. The maximum Gasteiger partial charge on any atom is 0.284 e. The number of rotatable bonds is 3. The summed E-state index contributed by atoms with van der Waals surface area (Å²) in [7, 11) is 0. The van der Waals surface area contributed by atoms with Gasteiger partial charge in [-0.15, -0.1) is 0 Å². The average Bonchev–Trinajstić information content (AvgIpc) is 2.77. The molecule has 98 valence electrons. The quantitative estimate of drug-likeness (QED) is 0.864. The van der Waals surface area contributed by atoms with Crippen LogP contribution in [0, 0.1) is 13.8 Å². The molecule has 1 aromatic rings. The number of benzene rings is 1. The molecule has 1 amide bonds. The number of aliphatic hydroxyl groups is 1. The third-order valence-corrected chi connectivity index (χ3v) is 2.92. The van der Waals surface area contributed by atoms with E-state index in [1.54, 1.807) is 0 Å². The summed E-state index contributed by atoms with van der Waals surface area (Å²) in [4.78, 5) is 16.7. The maximum atomic E-state index is 11.7. The summed E-state index contributed by atoms with van der Waals surface area (Å²) in [5.74, 6) is 0.371. The van der Waals surface area contributed by atoms with Gasteiger partial charge in [-0.3, -0.25) is 9.63 Å². The minimum absolute atomic E-state index is 0.0881. The number of aliphatic hydroxyl groups excluding tert-OH is 1. The molecule has 0 aromatic heterocycles. The Balaban J connectivity index is 1.87. The van der Waals surface area contributed by atoms with Gasteiger partial charge >= 0.3 is 0 Å². The number of ether oxygens (including phenoxy) is 1. The molecule has 0 aliphatic carbocycles. The lowest BCUT2D eigenvalue weighted by Crippen LogP contribution is -2.32. The van der Waals surface area contributed by atoms with Crippen LogP contribution in [-0.4, -0.2) is 41.9 Å². The van der Waals surface area contributed by atoms with Crippen molar-refractivity contribution in [1.29, 1.82) is 0 Å². The number of carbonyl (C=O) groups excluding carboxylic acids is 1. The summed E-state index contributed by atoms with van der Waals surface area (Å²) in [6.07, 6.45) is -0.601. The Morgan fingerprint density at radius 3 is 2.89 bits per heavy atom. The van der Waals surface area contributed by atoms with E-state index >= 15 is 0 Å². The predicted octanol–water partition coefficient (Wildman–Crippen LogP) is 0.817. The molecule has 1 fully saturated rings. The molecule has 2 rings (SSSR count). The molecule has 1 atom stereocenters. The standard InChI is InChI=1S/C13H17NO4/c1-9-3-4-12(5-10(9)2)17-8-13(16)14-6-11(15)7-18-14/h3-5,11,15H,6-8H2,1-2H3/t11-/m0/s1. The van der Waals surface area contributed by atoms with E-state index in [4.69, 9.17) is 9.57 Å². The molecule has 1 aliphatic rings. The molecule has 1 aromatic carbocycles. The van der Waals surface area contributed by atoms with Gasteiger partial charge in [0.15, 0.2) is 6.61 Å². The second kappa shape index (κ2) is 5.37. The molecular weight excluding hydrogens is 234 g/mol. The molecule has 1 aliphatic heterocycles. The van der Waals surface area contributed by atoms with Crippen LogP contribution in [0.15, 0.2) is 18.2 Å². The lowest BCUT2D eigenvalue weighted by molar-refractivity contribution is -0.170. The number of aryl methyl sites for hydroxylation is 2. The molecule has 0 unspecified atom stereocenters. The van der Waals surface area contributed by atoms with E-state index in [-0.39, 0.29) is 25.7 Å². The van der Waals surface area contributed by atoms with Gasteiger partial charge in [-0.05, 0) is 37.1 Å². The van der Waals surface area contributed by atoms with Crippen LogP contribution in [0.5, 0.6) is 5.75 Å². The fourth-order valence-electron chi connectivity index (χ4n) is 1.67. The van der Waals surface area contributed by atoms with Crippen molar-refractivity contribution < 1.29 is 19.5 Å². The highest BCUT2D eigenvalue weighted by Gasteiger charge is 2.26. The minimum atomic E-state index is -0.601. The SMILES string of the molecule is Cc1ccc(OCC(=O)N2C[C@H](O)CO2)cc1C. The van der Waals surface area contributed by atoms with E-state index in [2.05, 4.69) is 0 Å². The number of carbonyl (C=O) groups is 1. The van der Waals surface area contributed by atoms with E-state index < -0.39 is 6.10 Å². The van der Waals surface area contributed by atoms with Gasteiger partial charge in [0.25, 0.3) is 5.91 Å². The molecule has 1 N–H and O–H groups in total. The first-order valence-corrected chi connectivity index (χ1v) is 5.87. The van der Waals surface area contributed by atoms with Gasteiger partial charge < -0.3 is 9.84 Å². The second-order valence-corrected chi connectivity index (χ2v) is 4.44. The van der Waals surface area contributed by atoms with Gasteiger partial charge in [-0.25, -0.2) is 5.06 Å². The van der Waals surface area contributed by atoms with E-state index in [1.165, 1.54) is 5.56 Å². The summed E-state index contributed by atoms with van der Waals surface area (Å²) in [6, 6.07) is 5.67. The minimum Gasteiger partial charge on any atom is -0.484 e. The zero-order valence-electron chi connectivity index (χ0n) is 10.5. The Hall–Kier alpha value is -1.59. The second-order valence-electron chi connectivity index (χ2n) is 4.44. The molecule has 0 spiro atoms. The van der Waals surface area contributed by atoms with Crippen molar-refractivity contribution in [2.24, 2.45) is 0 Å². The first kappa shape index (κ1) is 12.9. The van der Waals surface area contributed by atoms with Crippen LogP contribution in [0.2, 0.25) is 0 Å². The van der Waals surface area contributed by atoms with Crippen LogP contribution in [0.4, 0.5) is 0 Å². The van der Waals surface area contributed by atoms with Crippen LogP contribution >= 0.6 is 0 Å². The summed E-state index contributed by atoms with van der Waals surface area (Å²) in [5.41, 5.74) is 2.30. The van der Waals surface area contributed by atoms with E-state index in [1.807, 2.05) is 32.0 Å². The van der Waals surface area contributed by atoms with Gasteiger partial charge in [0.2, 0.25) is 0 Å². The average molecular weight is 251 g/mol. The molecular formula is C13H17NO4. The number of hydroxylamine groups is 2. The Kier molecular flexibility index (Phi) is 3.84. The van der Waals surface area contributed by atoms with Gasteiger partial charge in [-0.2, -0.15) is 0 Å². The van der Waals surface area contributed by atoms with Gasteiger partial charge in [0, 0.05) is 0 Å². The van der Waals surface area contributed by atoms with Crippen molar-refractivity contribution in [1.82, 2.24) is 5.06 Å². The largest absolute Gasteiger partial charge is 0.484 e. The summed E-state index contributed by atoms with van der Waals surface area (Å²) in [6.45, 7) is 4.29. The van der Waals surface area contributed by atoms with Crippen molar-refractivity contribution in [2.45, 2.75) is 20.0 Å². The zero-order valence-corrected chi connectivity index (χ0v) is 10.5. The van der Waals surface area contributed by atoms with Gasteiger partial charge in [0.05, 0.1) is 6.54 Å². The molecule has 5 heteroatoms. The molecule has 0 bridgehead atoms. The van der Waals surface area contributed by atoms with Crippen molar-refractivity contribution >= 4 is 5.91 Å². The van der Waals surface area contributed by atoms with Crippen LogP contribution in [0.25, 0.3) is 0 Å². The lowest BCUT2D eigenvalue weighted by Gasteiger charge is -2.14. The third-order valence-electron chi connectivity index (χ3n) is 2.92. The highest BCUT2D eigenvalue weighted by Crippen LogP contribution is 2.16. The number of hydrogen-bond donors (Lipinski definition) is 1. The van der Waals surface area contributed by atoms with E-state index in [9.17, 15) is 9.90 Å². The van der Waals surface area contributed by atoms with Crippen molar-refractivity contribution in [2.75, 3.05) is 19.8 Å². The topological polar surface area (TPSA) is 59.0 Å². The van der Waals surface area contributed by atoms with Crippen LogP contribution in [-0.2, 0) is 9.63 Å². The van der Waals surface area contributed by atoms with Crippen LogP contribution in [0.1, 0.15) is 11.1 Å². The van der Waals surface area contributed by atoms with Gasteiger partial charge in [-0.1, -0.05) is 6.07 Å². The molecule has 5 nitrogen and oxygen atoms in total. The van der Waals surface area contributed by atoms with Crippen molar-refractivity contribution in [3.05, 3.63) is 29.3 Å². The Morgan fingerprint density at radius 2 is 2.28 bits per heavy atom. The predicted molar refractivity (Wildman–Crippen MR) is 65.1 cm³/mol.